The molecule has 3 aromatic heterocycles. The van der Waals surface area contributed by atoms with E-state index in [1.54, 1.807) is 12.4 Å². The van der Waals surface area contributed by atoms with Gasteiger partial charge >= 0.3 is 0 Å². The molecule has 6 nitrogen and oxygen atoms in total. The number of pyridine rings is 2. The van der Waals surface area contributed by atoms with Gasteiger partial charge in [0.2, 0.25) is 0 Å². The number of nitrogens with one attached hydrogen (secondary N) is 2. The van der Waals surface area contributed by atoms with Crippen LogP contribution < -0.4 is 10.6 Å². The smallest absolute Gasteiger partial charge is 0.130 e. The zero-order chi connectivity index (χ0) is 18.1. The Kier molecular flexibility index (Phi) is 7.69. The Hall–Kier alpha value is -2.12. The van der Waals surface area contributed by atoms with Gasteiger partial charge in [0.25, 0.3) is 0 Å². The summed E-state index contributed by atoms with van der Waals surface area (Å²) in [4.78, 5) is 4.11. The summed E-state index contributed by atoms with van der Waals surface area (Å²) in [5.41, 5.74) is 2.98. The highest BCUT2D eigenvalue weighted by atomic mass is 79.9. The normalized spacial score (nSPS) is 10.2. The standard InChI is InChI=1S/C15H16BrN5O.C3H8/c16-13-10-20-21-14(13)6-12(18-4-5-22)7-15(21)19-9-11-2-1-3-17-8-11;1-3-2/h1-3,6-8,10,18-19,22H,4-5,9H2;3H2,1-2H3. The zero-order valence-corrected chi connectivity index (χ0v) is 16.1. The molecule has 0 saturated carbocycles. The van der Waals surface area contributed by atoms with Crippen molar-refractivity contribution in [1.29, 1.82) is 0 Å². The highest BCUT2D eigenvalue weighted by Gasteiger charge is 2.08. The predicted octanol–water partition coefficient (Wildman–Crippen LogP) is 3.92. The fourth-order valence-corrected chi connectivity index (χ4v) is 2.55. The lowest BCUT2D eigenvalue weighted by molar-refractivity contribution is 0.311. The lowest BCUT2D eigenvalue weighted by Gasteiger charge is -2.12. The molecule has 0 aromatic carbocycles. The summed E-state index contributed by atoms with van der Waals surface area (Å²) in [6.07, 6.45) is 6.60. The van der Waals surface area contributed by atoms with Crippen molar-refractivity contribution >= 4 is 33.0 Å². The predicted molar refractivity (Wildman–Crippen MR) is 106 cm³/mol. The minimum Gasteiger partial charge on any atom is -0.395 e. The number of hydrogen-bond acceptors (Lipinski definition) is 5. The van der Waals surface area contributed by atoms with Crippen molar-refractivity contribution in [2.75, 3.05) is 23.8 Å². The van der Waals surface area contributed by atoms with E-state index in [9.17, 15) is 0 Å². The number of halogens is 1. The number of aromatic nitrogens is 3. The first-order valence-electron chi connectivity index (χ1n) is 8.34. The highest BCUT2D eigenvalue weighted by Crippen LogP contribution is 2.25. The summed E-state index contributed by atoms with van der Waals surface area (Å²) in [5, 5.41) is 19.9. The second kappa shape index (κ2) is 10.0. The van der Waals surface area contributed by atoms with Crippen LogP contribution in [0.4, 0.5) is 11.5 Å². The molecule has 0 fully saturated rings. The Labute approximate surface area is 156 Å². The Morgan fingerprint density at radius 1 is 1.20 bits per heavy atom. The fourth-order valence-electron chi connectivity index (χ4n) is 2.18. The topological polar surface area (TPSA) is 74.5 Å². The third-order valence-corrected chi connectivity index (χ3v) is 3.82. The van der Waals surface area contributed by atoms with Crippen molar-refractivity contribution in [3.63, 3.8) is 0 Å². The van der Waals surface area contributed by atoms with Crippen molar-refractivity contribution in [1.82, 2.24) is 14.6 Å². The molecule has 134 valence electrons. The minimum absolute atomic E-state index is 0.0874. The van der Waals surface area contributed by atoms with Gasteiger partial charge in [0.05, 0.1) is 22.8 Å². The number of hydrogen-bond donors (Lipinski definition) is 3. The van der Waals surface area contributed by atoms with Gasteiger partial charge < -0.3 is 15.7 Å². The average Bonchev–Trinajstić information content (AvgIpc) is 3.01. The summed E-state index contributed by atoms with van der Waals surface area (Å²) in [6.45, 7) is 5.50. The van der Waals surface area contributed by atoms with Crippen LogP contribution in [-0.4, -0.2) is 32.9 Å². The Morgan fingerprint density at radius 3 is 2.68 bits per heavy atom. The maximum atomic E-state index is 8.96. The molecule has 0 atom stereocenters. The number of anilines is 2. The van der Waals surface area contributed by atoms with Crippen LogP contribution in [0.15, 0.2) is 47.3 Å². The SMILES string of the molecule is CCC.OCCNc1cc(NCc2cccnc2)n2ncc(Br)c2c1. The Morgan fingerprint density at radius 2 is 2.00 bits per heavy atom. The first kappa shape index (κ1) is 19.2. The molecule has 7 heteroatoms. The summed E-state index contributed by atoms with van der Waals surface area (Å²) < 4.78 is 2.76. The van der Waals surface area contributed by atoms with Gasteiger partial charge in [-0.05, 0) is 33.6 Å². The van der Waals surface area contributed by atoms with E-state index in [-0.39, 0.29) is 6.61 Å². The number of fused-ring (bicyclic) bond motifs is 1. The molecule has 3 N–H and O–H groups in total. The van der Waals surface area contributed by atoms with Crippen LogP contribution in [0.2, 0.25) is 0 Å². The summed E-state index contributed by atoms with van der Waals surface area (Å²) in [6, 6.07) is 7.89. The molecule has 0 amide bonds. The number of rotatable bonds is 6. The second-order valence-corrected chi connectivity index (χ2v) is 6.35. The van der Waals surface area contributed by atoms with Gasteiger partial charge in [-0.1, -0.05) is 26.3 Å². The molecule has 0 aliphatic carbocycles. The summed E-state index contributed by atoms with van der Waals surface area (Å²) >= 11 is 3.50. The van der Waals surface area contributed by atoms with Gasteiger partial charge in [-0.3, -0.25) is 4.98 Å². The molecule has 0 radical (unpaired) electrons. The summed E-state index contributed by atoms with van der Waals surface area (Å²) in [5.74, 6) is 0.868. The van der Waals surface area contributed by atoms with E-state index >= 15 is 0 Å². The molecule has 0 saturated heterocycles. The Bertz CT molecular complexity index is 776. The monoisotopic (exact) mass is 405 g/mol. The number of nitrogens with zero attached hydrogens (tertiary/aromatic N) is 3. The first-order chi connectivity index (χ1) is 12.2. The van der Waals surface area contributed by atoms with Gasteiger partial charge in [0.1, 0.15) is 5.82 Å². The van der Waals surface area contributed by atoms with Crippen molar-refractivity contribution < 1.29 is 5.11 Å². The maximum absolute atomic E-state index is 8.96. The van der Waals surface area contributed by atoms with E-state index in [0.717, 1.165) is 27.1 Å². The van der Waals surface area contributed by atoms with Crippen LogP contribution >= 0.6 is 15.9 Å². The van der Waals surface area contributed by atoms with Crippen LogP contribution in [0.1, 0.15) is 25.8 Å². The van der Waals surface area contributed by atoms with Gasteiger partial charge in [-0.15, -0.1) is 0 Å². The molecule has 0 unspecified atom stereocenters. The number of aliphatic hydroxyl groups excluding tert-OH is 1. The molecule has 0 aliphatic heterocycles. The third-order valence-electron chi connectivity index (χ3n) is 3.21. The van der Waals surface area contributed by atoms with E-state index in [1.807, 2.05) is 35.0 Å². The second-order valence-electron chi connectivity index (χ2n) is 5.49. The van der Waals surface area contributed by atoms with E-state index < -0.39 is 0 Å². The van der Waals surface area contributed by atoms with Crippen molar-refractivity contribution in [2.45, 2.75) is 26.8 Å². The van der Waals surface area contributed by atoms with Gasteiger partial charge in [-0.2, -0.15) is 5.10 Å². The maximum Gasteiger partial charge on any atom is 0.130 e. The van der Waals surface area contributed by atoms with Crippen LogP contribution in [0, 0.1) is 0 Å². The molecule has 3 rings (SSSR count). The third kappa shape index (κ3) is 5.44. The number of aliphatic hydroxyl groups is 1. The van der Waals surface area contributed by atoms with Gasteiger partial charge in [0, 0.05) is 37.2 Å². The average molecular weight is 406 g/mol. The van der Waals surface area contributed by atoms with Crippen LogP contribution in [-0.2, 0) is 6.54 Å². The molecule has 0 aliphatic rings. The largest absolute Gasteiger partial charge is 0.395 e. The van der Waals surface area contributed by atoms with Crippen LogP contribution in [0.5, 0.6) is 0 Å². The van der Waals surface area contributed by atoms with E-state index in [1.165, 1.54) is 6.42 Å². The minimum atomic E-state index is 0.0874. The van der Waals surface area contributed by atoms with Crippen molar-refractivity contribution in [3.8, 4) is 0 Å². The van der Waals surface area contributed by atoms with Gasteiger partial charge in [-0.25, -0.2) is 4.52 Å². The van der Waals surface area contributed by atoms with Crippen molar-refractivity contribution in [2.24, 2.45) is 0 Å². The van der Waals surface area contributed by atoms with Gasteiger partial charge in [0.15, 0.2) is 0 Å². The molecular formula is C18H24BrN5O. The lowest BCUT2D eigenvalue weighted by atomic mass is 10.3. The highest BCUT2D eigenvalue weighted by molar-refractivity contribution is 9.10. The molecule has 3 heterocycles. The Balaban J connectivity index is 0.000000701. The van der Waals surface area contributed by atoms with Crippen molar-refractivity contribution in [3.05, 3.63) is 52.9 Å². The quantitative estimate of drug-likeness (QED) is 0.579. The van der Waals surface area contributed by atoms with E-state index in [0.29, 0.717) is 13.1 Å². The molecule has 0 spiro atoms. The summed E-state index contributed by atoms with van der Waals surface area (Å²) in [7, 11) is 0. The fraction of sp³-hybridized carbons (Fsp3) is 0.333. The zero-order valence-electron chi connectivity index (χ0n) is 14.5. The van der Waals surface area contributed by atoms with Crippen LogP contribution in [0.3, 0.4) is 0 Å². The van der Waals surface area contributed by atoms with E-state index in [2.05, 4.69) is 50.5 Å². The van der Waals surface area contributed by atoms with Crippen LogP contribution in [0.25, 0.3) is 5.52 Å². The molecule has 0 bridgehead atoms. The van der Waals surface area contributed by atoms with E-state index in [4.69, 9.17) is 5.11 Å². The first-order valence-corrected chi connectivity index (χ1v) is 9.13. The molecule has 25 heavy (non-hydrogen) atoms. The molecule has 3 aromatic rings. The lowest BCUT2D eigenvalue weighted by Crippen LogP contribution is -2.09. The molecular weight excluding hydrogens is 382 g/mol.